The maximum atomic E-state index is 10.4. The van der Waals surface area contributed by atoms with Crippen molar-refractivity contribution in [2.75, 3.05) is 12.4 Å². The summed E-state index contributed by atoms with van der Waals surface area (Å²) in [5.74, 6) is 1.03. The number of nitrogens with one attached hydrogen (secondary N) is 2. The number of nitrogen functional groups attached to an aromatic ring is 1. The molecule has 5 N–H and O–H groups in total. The summed E-state index contributed by atoms with van der Waals surface area (Å²) in [5, 5.41) is 22.1. The second-order valence-electron chi connectivity index (χ2n) is 8.36. The van der Waals surface area contributed by atoms with Crippen LogP contribution in [0.15, 0.2) is 57.5 Å². The summed E-state index contributed by atoms with van der Waals surface area (Å²) >= 11 is 7.22. The SMILES string of the molecule is COc1cc(C2Nc3ccc(C(=N)N)cc3C3c4ccccc4CCC23)c(Br)c(Br)c1O. The average molecular weight is 557 g/mol. The van der Waals surface area contributed by atoms with Gasteiger partial charge in [-0.1, -0.05) is 24.3 Å². The van der Waals surface area contributed by atoms with Gasteiger partial charge in [0.05, 0.1) is 17.6 Å². The van der Waals surface area contributed by atoms with E-state index in [0.717, 1.165) is 34.1 Å². The van der Waals surface area contributed by atoms with Gasteiger partial charge >= 0.3 is 0 Å². The molecule has 0 bridgehead atoms. The number of aromatic hydroxyl groups is 1. The molecule has 3 aromatic carbocycles. The molecule has 3 aromatic rings. The molecule has 32 heavy (non-hydrogen) atoms. The summed E-state index contributed by atoms with van der Waals surface area (Å²) in [6.07, 6.45) is 2.02. The zero-order valence-corrected chi connectivity index (χ0v) is 20.6. The smallest absolute Gasteiger partial charge is 0.173 e. The number of anilines is 1. The molecule has 5 nitrogen and oxygen atoms in total. The predicted octanol–water partition coefficient (Wildman–Crippen LogP) is 6.07. The van der Waals surface area contributed by atoms with Crippen molar-refractivity contribution in [3.63, 3.8) is 0 Å². The summed E-state index contributed by atoms with van der Waals surface area (Å²) in [6, 6.07) is 16.5. The first-order chi connectivity index (χ1) is 15.4. The Labute approximate surface area is 203 Å². The van der Waals surface area contributed by atoms with Gasteiger partial charge in [-0.25, -0.2) is 0 Å². The minimum absolute atomic E-state index is 0.00390. The van der Waals surface area contributed by atoms with Gasteiger partial charge in [0.1, 0.15) is 5.84 Å². The van der Waals surface area contributed by atoms with E-state index in [1.54, 1.807) is 7.11 Å². The number of fused-ring (bicyclic) bond motifs is 5. The Bertz CT molecular complexity index is 1240. The molecule has 164 valence electrons. The minimum Gasteiger partial charge on any atom is -0.503 e. The lowest BCUT2D eigenvalue weighted by Gasteiger charge is -2.45. The zero-order chi connectivity index (χ0) is 22.6. The van der Waals surface area contributed by atoms with Crippen LogP contribution in [0.25, 0.3) is 0 Å². The van der Waals surface area contributed by atoms with Gasteiger partial charge in [-0.3, -0.25) is 5.41 Å². The fraction of sp³-hybridized carbons (Fsp3) is 0.240. The normalized spacial score (nSPS) is 21.0. The van der Waals surface area contributed by atoms with Crippen LogP contribution in [-0.4, -0.2) is 18.1 Å². The monoisotopic (exact) mass is 555 g/mol. The standard InChI is InChI=1S/C25H23Br2N3O2/c1-32-19-11-17(21(26)22(27)24(19)31)23-15-8-6-12-4-2-3-5-14(12)20(15)16-10-13(25(28)29)7-9-18(16)30-23/h2-5,7,9-11,15,20,23,30-31H,6,8H2,1H3,(H3,28,29). The minimum atomic E-state index is 0.00390. The van der Waals surface area contributed by atoms with Gasteiger partial charge in [0.2, 0.25) is 0 Å². The summed E-state index contributed by atoms with van der Waals surface area (Å²) in [7, 11) is 1.56. The molecule has 0 amide bonds. The number of nitrogens with two attached hydrogens (primary N) is 1. The van der Waals surface area contributed by atoms with E-state index in [-0.39, 0.29) is 29.5 Å². The number of ether oxygens (including phenoxy) is 1. The zero-order valence-electron chi connectivity index (χ0n) is 17.5. The van der Waals surface area contributed by atoms with E-state index in [0.29, 0.717) is 10.2 Å². The largest absolute Gasteiger partial charge is 0.503 e. The molecule has 0 fully saturated rings. The van der Waals surface area contributed by atoms with Crippen LogP contribution in [-0.2, 0) is 6.42 Å². The Morgan fingerprint density at radius 2 is 1.88 bits per heavy atom. The third-order valence-corrected chi connectivity index (χ3v) is 8.89. The molecule has 0 saturated heterocycles. The Kier molecular flexibility index (Phi) is 5.42. The molecule has 7 heteroatoms. The van der Waals surface area contributed by atoms with Crippen LogP contribution in [0.1, 0.15) is 46.2 Å². The molecule has 0 saturated carbocycles. The van der Waals surface area contributed by atoms with Crippen molar-refractivity contribution in [2.24, 2.45) is 11.7 Å². The van der Waals surface area contributed by atoms with Crippen molar-refractivity contribution in [3.05, 3.63) is 85.3 Å². The van der Waals surface area contributed by atoms with Gasteiger partial charge in [0.25, 0.3) is 0 Å². The van der Waals surface area contributed by atoms with Crippen molar-refractivity contribution in [1.82, 2.24) is 0 Å². The predicted molar refractivity (Wildman–Crippen MR) is 134 cm³/mol. The fourth-order valence-corrected chi connectivity index (χ4v) is 6.21. The first-order valence-electron chi connectivity index (χ1n) is 10.5. The molecule has 0 aromatic heterocycles. The molecule has 2 aliphatic rings. The van der Waals surface area contributed by atoms with Crippen LogP contribution in [0, 0.1) is 11.3 Å². The van der Waals surface area contributed by atoms with Crippen LogP contribution in [0.5, 0.6) is 11.5 Å². The van der Waals surface area contributed by atoms with Crippen LogP contribution in [0.2, 0.25) is 0 Å². The van der Waals surface area contributed by atoms with E-state index in [2.05, 4.69) is 67.5 Å². The van der Waals surface area contributed by atoms with Crippen LogP contribution in [0.3, 0.4) is 0 Å². The van der Waals surface area contributed by atoms with Gasteiger partial charge in [-0.15, -0.1) is 0 Å². The number of aryl methyl sites for hydroxylation is 1. The van der Waals surface area contributed by atoms with Crippen molar-refractivity contribution < 1.29 is 9.84 Å². The number of halogens is 2. The van der Waals surface area contributed by atoms with Crippen LogP contribution < -0.4 is 15.8 Å². The first kappa shape index (κ1) is 21.3. The van der Waals surface area contributed by atoms with Crippen molar-refractivity contribution in [1.29, 1.82) is 5.41 Å². The first-order valence-corrected chi connectivity index (χ1v) is 12.1. The molecule has 3 atom stereocenters. The summed E-state index contributed by atoms with van der Waals surface area (Å²) in [5.41, 5.74) is 12.5. The van der Waals surface area contributed by atoms with E-state index in [1.807, 2.05) is 18.2 Å². The van der Waals surface area contributed by atoms with Gasteiger partial charge in [0.15, 0.2) is 11.5 Å². The third kappa shape index (κ3) is 3.30. The van der Waals surface area contributed by atoms with Crippen LogP contribution in [0.4, 0.5) is 5.69 Å². The maximum absolute atomic E-state index is 10.4. The molecule has 1 heterocycles. The van der Waals surface area contributed by atoms with Gasteiger partial charge in [-0.05, 0) is 97.1 Å². The number of rotatable bonds is 3. The second-order valence-corrected chi connectivity index (χ2v) is 9.95. The Morgan fingerprint density at radius 1 is 1.09 bits per heavy atom. The highest BCUT2D eigenvalue weighted by molar-refractivity contribution is 9.13. The molecular formula is C25H23Br2N3O2. The lowest BCUT2D eigenvalue weighted by atomic mass is 9.65. The highest BCUT2D eigenvalue weighted by Crippen LogP contribution is 2.55. The number of benzene rings is 3. The average Bonchev–Trinajstić information content (AvgIpc) is 2.81. The molecule has 0 radical (unpaired) electrons. The molecule has 3 unspecified atom stereocenters. The van der Waals surface area contributed by atoms with Crippen molar-refractivity contribution in [3.8, 4) is 11.5 Å². The van der Waals surface area contributed by atoms with Gasteiger partial charge in [-0.2, -0.15) is 0 Å². The lowest BCUT2D eigenvalue weighted by molar-refractivity contribution is 0.342. The van der Waals surface area contributed by atoms with E-state index >= 15 is 0 Å². The van der Waals surface area contributed by atoms with E-state index in [4.69, 9.17) is 15.9 Å². The number of phenolic OH excluding ortho intramolecular Hbond substituents is 1. The maximum Gasteiger partial charge on any atom is 0.173 e. The fourth-order valence-electron chi connectivity index (χ4n) is 5.24. The summed E-state index contributed by atoms with van der Waals surface area (Å²) in [6.45, 7) is 0. The quantitative estimate of drug-likeness (QED) is 0.233. The second kappa shape index (κ2) is 8.12. The van der Waals surface area contributed by atoms with E-state index in [9.17, 15) is 5.11 Å². The van der Waals surface area contributed by atoms with E-state index < -0.39 is 0 Å². The highest BCUT2D eigenvalue weighted by Gasteiger charge is 2.42. The van der Waals surface area contributed by atoms with Crippen molar-refractivity contribution >= 4 is 43.4 Å². The topological polar surface area (TPSA) is 91.4 Å². The molecule has 1 aliphatic carbocycles. The van der Waals surface area contributed by atoms with Gasteiger partial charge < -0.3 is 20.9 Å². The number of hydrogen-bond acceptors (Lipinski definition) is 4. The summed E-state index contributed by atoms with van der Waals surface area (Å²) in [4.78, 5) is 0. The molecule has 1 aliphatic heterocycles. The van der Waals surface area contributed by atoms with Crippen LogP contribution >= 0.6 is 31.9 Å². The molecule has 5 rings (SSSR count). The number of hydrogen-bond donors (Lipinski definition) is 4. The highest BCUT2D eigenvalue weighted by atomic mass is 79.9. The molecular weight excluding hydrogens is 534 g/mol. The van der Waals surface area contributed by atoms with E-state index in [1.165, 1.54) is 16.7 Å². The Morgan fingerprint density at radius 3 is 2.62 bits per heavy atom. The third-order valence-electron chi connectivity index (χ3n) is 6.73. The van der Waals surface area contributed by atoms with Crippen molar-refractivity contribution in [2.45, 2.75) is 24.8 Å². The van der Waals surface area contributed by atoms with Gasteiger partial charge in [0, 0.05) is 21.6 Å². The summed E-state index contributed by atoms with van der Waals surface area (Å²) < 4.78 is 6.85. The lowest BCUT2D eigenvalue weighted by Crippen LogP contribution is -2.36. The number of methoxy groups -OCH3 is 1. The molecule has 0 spiro atoms. The Hall–Kier alpha value is -2.51. The number of phenols is 1. The Balaban J connectivity index is 1.72. The number of amidine groups is 1.